The number of nitrogens with zero attached hydrogens (tertiary/aromatic N) is 4. The van der Waals surface area contributed by atoms with Crippen LogP contribution in [0.15, 0.2) is 17.2 Å². The number of carbonyl (C=O) groups is 1. The van der Waals surface area contributed by atoms with Crippen molar-refractivity contribution in [3.63, 3.8) is 0 Å². The van der Waals surface area contributed by atoms with Gasteiger partial charge in [0, 0.05) is 29.6 Å². The van der Waals surface area contributed by atoms with E-state index in [0.29, 0.717) is 47.3 Å². The van der Waals surface area contributed by atoms with Crippen molar-refractivity contribution in [1.29, 1.82) is 0 Å². The largest absolute Gasteiger partial charge is 0.496 e. The maximum atomic E-state index is 12.2. The van der Waals surface area contributed by atoms with Crippen LogP contribution >= 0.6 is 23.2 Å². The highest BCUT2D eigenvalue weighted by atomic mass is 35.5. The Bertz CT molecular complexity index is 737. The third kappa shape index (κ3) is 5.58. The van der Waals surface area contributed by atoms with Crippen molar-refractivity contribution in [1.82, 2.24) is 4.90 Å². The molecule has 1 heterocycles. The Labute approximate surface area is 169 Å². The number of hydrogen-bond acceptors (Lipinski definition) is 4. The van der Waals surface area contributed by atoms with Crippen molar-refractivity contribution in [3.8, 4) is 5.75 Å². The molecule has 0 aromatic heterocycles. The van der Waals surface area contributed by atoms with Crippen molar-refractivity contribution in [2.75, 3.05) is 20.2 Å². The molecule has 1 fully saturated rings. The Hall–Kier alpha value is -1.82. The molecule has 1 unspecified atom stereocenters. The van der Waals surface area contributed by atoms with E-state index in [1.807, 2.05) is 20.8 Å². The summed E-state index contributed by atoms with van der Waals surface area (Å²) in [6.07, 6.45) is 1.02. The molecule has 1 aliphatic rings. The van der Waals surface area contributed by atoms with E-state index in [1.165, 1.54) is 7.11 Å². The minimum absolute atomic E-state index is 0.0470. The van der Waals surface area contributed by atoms with Gasteiger partial charge in [-0.2, -0.15) is 0 Å². The average molecular weight is 415 g/mol. The third-order valence-electron chi connectivity index (χ3n) is 4.41. The Morgan fingerprint density at radius 2 is 1.89 bits per heavy atom. The number of carbonyl (C=O) groups excluding carboxylic acids is 1. The lowest BCUT2D eigenvalue weighted by molar-refractivity contribution is 0.0174. The van der Waals surface area contributed by atoms with Crippen LogP contribution in [0.25, 0.3) is 10.4 Å². The number of amides is 1. The van der Waals surface area contributed by atoms with Gasteiger partial charge in [0.1, 0.15) is 11.4 Å². The molecule has 0 radical (unpaired) electrons. The normalized spacial score (nSPS) is 16.4. The fourth-order valence-corrected chi connectivity index (χ4v) is 3.47. The number of piperidine rings is 1. The maximum Gasteiger partial charge on any atom is 0.410 e. The van der Waals surface area contributed by atoms with Crippen LogP contribution in [0, 0.1) is 5.92 Å². The SMILES string of the molecule is COc1cc(Cl)c(Cl)cc1C(N=[N+]=[N-])C1CCN(C(=O)OC(C)(C)C)CC1. The molecule has 0 N–H and O–H groups in total. The summed E-state index contributed by atoms with van der Waals surface area (Å²) in [5.41, 5.74) is 9.22. The smallest absolute Gasteiger partial charge is 0.410 e. The summed E-state index contributed by atoms with van der Waals surface area (Å²) >= 11 is 12.2. The van der Waals surface area contributed by atoms with Crippen molar-refractivity contribution in [2.45, 2.75) is 45.3 Å². The number of likely N-dealkylation sites (tertiary alicyclic amines) is 1. The molecule has 7 nitrogen and oxygen atoms in total. The van der Waals surface area contributed by atoms with Gasteiger partial charge in [-0.05, 0) is 51.1 Å². The number of hydrogen-bond donors (Lipinski definition) is 0. The molecule has 1 aliphatic heterocycles. The van der Waals surface area contributed by atoms with Crippen molar-refractivity contribution in [3.05, 3.63) is 38.2 Å². The quantitative estimate of drug-likeness (QED) is 0.343. The maximum absolute atomic E-state index is 12.2. The molecule has 0 aliphatic carbocycles. The van der Waals surface area contributed by atoms with Crippen LogP contribution < -0.4 is 4.74 Å². The summed E-state index contributed by atoms with van der Waals surface area (Å²) < 4.78 is 10.8. The molecule has 0 bridgehead atoms. The molecular formula is C18H24Cl2N4O3. The number of benzene rings is 1. The Morgan fingerprint density at radius 3 is 2.41 bits per heavy atom. The first kappa shape index (κ1) is 21.5. The van der Waals surface area contributed by atoms with Gasteiger partial charge in [-0.25, -0.2) is 4.79 Å². The number of methoxy groups -OCH3 is 1. The third-order valence-corrected chi connectivity index (χ3v) is 5.13. The molecule has 1 amide bonds. The van der Waals surface area contributed by atoms with E-state index in [-0.39, 0.29) is 12.0 Å². The standard InChI is InChI=1S/C18H24Cl2N4O3/c1-18(2,3)27-17(25)24-7-5-11(6-8-24)16(22-23-21)12-9-13(19)14(20)10-15(12)26-4/h9-11,16H,5-8H2,1-4H3. The summed E-state index contributed by atoms with van der Waals surface area (Å²) in [7, 11) is 1.53. The van der Waals surface area contributed by atoms with E-state index in [4.69, 9.17) is 38.2 Å². The van der Waals surface area contributed by atoms with E-state index >= 15 is 0 Å². The number of ether oxygens (including phenoxy) is 2. The predicted molar refractivity (Wildman–Crippen MR) is 105 cm³/mol. The molecule has 2 rings (SSSR count). The highest BCUT2D eigenvalue weighted by molar-refractivity contribution is 6.42. The summed E-state index contributed by atoms with van der Waals surface area (Å²) in [4.78, 5) is 16.9. The van der Waals surface area contributed by atoms with Gasteiger partial charge >= 0.3 is 6.09 Å². The highest BCUT2D eigenvalue weighted by Gasteiger charge is 2.32. The van der Waals surface area contributed by atoms with Gasteiger partial charge in [0.25, 0.3) is 0 Å². The molecule has 1 aromatic carbocycles. The van der Waals surface area contributed by atoms with Gasteiger partial charge in [0.15, 0.2) is 0 Å². The van der Waals surface area contributed by atoms with Crippen molar-refractivity contribution in [2.24, 2.45) is 11.0 Å². The molecule has 0 saturated carbocycles. The molecular weight excluding hydrogens is 391 g/mol. The highest BCUT2D eigenvalue weighted by Crippen LogP contribution is 2.41. The zero-order chi connectivity index (χ0) is 20.2. The number of rotatable bonds is 4. The summed E-state index contributed by atoms with van der Waals surface area (Å²) in [5, 5.41) is 4.73. The second-order valence-electron chi connectivity index (χ2n) is 7.46. The lowest BCUT2D eigenvalue weighted by atomic mass is 9.85. The minimum atomic E-state index is -0.533. The molecule has 9 heteroatoms. The Kier molecular flexibility index (Phi) is 7.09. The lowest BCUT2D eigenvalue weighted by Gasteiger charge is -2.35. The summed E-state index contributed by atoms with van der Waals surface area (Å²) in [5.74, 6) is 0.571. The predicted octanol–water partition coefficient (Wildman–Crippen LogP) is 6.00. The van der Waals surface area contributed by atoms with Crippen LogP contribution in [-0.2, 0) is 4.74 Å². The minimum Gasteiger partial charge on any atom is -0.496 e. The molecule has 1 atom stereocenters. The van der Waals surface area contributed by atoms with Crippen LogP contribution in [-0.4, -0.2) is 36.8 Å². The van der Waals surface area contributed by atoms with Gasteiger partial charge < -0.3 is 14.4 Å². The van der Waals surface area contributed by atoms with Crippen LogP contribution in [0.4, 0.5) is 4.79 Å². The van der Waals surface area contributed by atoms with E-state index in [0.717, 1.165) is 0 Å². The Balaban J connectivity index is 2.18. The fourth-order valence-electron chi connectivity index (χ4n) is 3.14. The van der Waals surface area contributed by atoms with Gasteiger partial charge in [-0.15, -0.1) is 0 Å². The first-order valence-electron chi connectivity index (χ1n) is 8.71. The zero-order valence-electron chi connectivity index (χ0n) is 15.9. The molecule has 1 aromatic rings. The van der Waals surface area contributed by atoms with E-state index in [1.54, 1.807) is 17.0 Å². The van der Waals surface area contributed by atoms with Gasteiger partial charge in [-0.3, -0.25) is 0 Å². The van der Waals surface area contributed by atoms with Gasteiger partial charge in [0.05, 0.1) is 23.2 Å². The monoisotopic (exact) mass is 414 g/mol. The van der Waals surface area contributed by atoms with Gasteiger partial charge in [0.2, 0.25) is 0 Å². The lowest BCUT2D eigenvalue weighted by Crippen LogP contribution is -2.42. The summed E-state index contributed by atoms with van der Waals surface area (Å²) in [6.45, 7) is 6.57. The molecule has 27 heavy (non-hydrogen) atoms. The molecule has 0 spiro atoms. The topological polar surface area (TPSA) is 87.5 Å². The second-order valence-corrected chi connectivity index (χ2v) is 8.28. The molecule has 148 valence electrons. The van der Waals surface area contributed by atoms with E-state index < -0.39 is 11.6 Å². The second kappa shape index (κ2) is 8.91. The Morgan fingerprint density at radius 1 is 1.30 bits per heavy atom. The van der Waals surface area contributed by atoms with E-state index in [2.05, 4.69) is 10.0 Å². The molecule has 1 saturated heterocycles. The van der Waals surface area contributed by atoms with Crippen LogP contribution in [0.2, 0.25) is 10.0 Å². The van der Waals surface area contributed by atoms with Crippen LogP contribution in [0.5, 0.6) is 5.75 Å². The zero-order valence-corrected chi connectivity index (χ0v) is 17.4. The fraction of sp³-hybridized carbons (Fsp3) is 0.611. The van der Waals surface area contributed by atoms with Crippen LogP contribution in [0.3, 0.4) is 0 Å². The number of halogens is 2. The first-order valence-corrected chi connectivity index (χ1v) is 9.47. The van der Waals surface area contributed by atoms with Crippen molar-refractivity contribution >= 4 is 29.3 Å². The first-order chi connectivity index (χ1) is 12.7. The van der Waals surface area contributed by atoms with Crippen LogP contribution in [0.1, 0.15) is 45.2 Å². The van der Waals surface area contributed by atoms with Gasteiger partial charge in [-0.1, -0.05) is 28.3 Å². The summed E-state index contributed by atoms with van der Waals surface area (Å²) in [6, 6.07) is 2.84. The van der Waals surface area contributed by atoms with E-state index in [9.17, 15) is 4.79 Å². The number of azide groups is 1. The average Bonchev–Trinajstić information content (AvgIpc) is 2.60. The van der Waals surface area contributed by atoms with Crippen molar-refractivity contribution < 1.29 is 14.3 Å².